The smallest absolute Gasteiger partial charge is 0.237 e. The third-order valence-corrected chi connectivity index (χ3v) is 4.06. The van der Waals surface area contributed by atoms with Gasteiger partial charge in [0.15, 0.2) is 5.16 Å². The molecule has 1 rings (SSSR count). The molecular weight excluding hydrogens is 262 g/mol. The minimum Gasteiger partial charge on any atom is -0.368 e. The summed E-state index contributed by atoms with van der Waals surface area (Å²) in [5.41, 5.74) is 4.80. The predicted molar refractivity (Wildman–Crippen MR) is 77.0 cm³/mol. The molecule has 0 bridgehead atoms. The minimum absolute atomic E-state index is 0.208. The Bertz CT molecular complexity index is 445. The highest BCUT2D eigenvalue weighted by atomic mass is 32.2. The maximum Gasteiger partial charge on any atom is 0.237 e. The van der Waals surface area contributed by atoms with Crippen molar-refractivity contribution >= 4 is 17.7 Å². The van der Waals surface area contributed by atoms with Gasteiger partial charge in [-0.15, -0.1) is 10.2 Å². The Morgan fingerprint density at radius 2 is 2.16 bits per heavy atom. The standard InChI is InChI=1S/C12H23N5OS/c1-8(2)14-12(4,10(13)18)6-7-19-11-16-15-9(3)17(11)5/h8,14H,6-7H2,1-5H3,(H2,13,18). The fraction of sp³-hybridized carbons (Fsp3) is 0.750. The lowest BCUT2D eigenvalue weighted by molar-refractivity contribution is -0.124. The Kier molecular flexibility index (Phi) is 5.37. The van der Waals surface area contributed by atoms with Crippen LogP contribution in [0.3, 0.4) is 0 Å². The Morgan fingerprint density at radius 3 is 2.58 bits per heavy atom. The van der Waals surface area contributed by atoms with Crippen molar-refractivity contribution in [3.63, 3.8) is 0 Å². The average molecular weight is 285 g/mol. The highest BCUT2D eigenvalue weighted by Gasteiger charge is 2.31. The van der Waals surface area contributed by atoms with Crippen LogP contribution >= 0.6 is 11.8 Å². The van der Waals surface area contributed by atoms with Gasteiger partial charge in [-0.3, -0.25) is 4.79 Å². The van der Waals surface area contributed by atoms with Crippen LogP contribution in [0.25, 0.3) is 0 Å². The molecule has 0 aliphatic heterocycles. The van der Waals surface area contributed by atoms with E-state index >= 15 is 0 Å². The van der Waals surface area contributed by atoms with Crippen LogP contribution in [0.4, 0.5) is 0 Å². The average Bonchev–Trinajstić information content (AvgIpc) is 2.59. The molecule has 1 aromatic rings. The second-order valence-corrected chi connectivity index (χ2v) is 6.24. The summed E-state index contributed by atoms with van der Waals surface area (Å²) in [6, 6.07) is 0.208. The second kappa shape index (κ2) is 6.38. The SMILES string of the molecule is Cc1nnc(SCCC(C)(NC(C)C)C(N)=O)n1C. The number of carbonyl (C=O) groups excluding carboxylic acids is 1. The zero-order valence-corrected chi connectivity index (χ0v) is 13.0. The Labute approximate surface area is 118 Å². The number of hydrogen-bond donors (Lipinski definition) is 2. The van der Waals surface area contributed by atoms with Crippen molar-refractivity contribution in [3.05, 3.63) is 5.82 Å². The summed E-state index contributed by atoms with van der Waals surface area (Å²) in [6.45, 7) is 7.75. The molecule has 6 nitrogen and oxygen atoms in total. The third kappa shape index (κ3) is 4.21. The number of carbonyl (C=O) groups is 1. The van der Waals surface area contributed by atoms with E-state index in [1.165, 1.54) is 0 Å². The number of nitrogens with zero attached hydrogens (tertiary/aromatic N) is 3. The Balaban J connectivity index is 2.58. The van der Waals surface area contributed by atoms with Gasteiger partial charge in [0.05, 0.1) is 5.54 Å². The first-order chi connectivity index (χ1) is 8.76. The molecule has 0 fully saturated rings. The molecule has 1 unspecified atom stereocenters. The Hall–Kier alpha value is -1.08. The number of nitrogens with one attached hydrogen (secondary N) is 1. The summed E-state index contributed by atoms with van der Waals surface area (Å²) in [5.74, 6) is 1.31. The number of amides is 1. The van der Waals surface area contributed by atoms with Gasteiger partial charge in [-0.25, -0.2) is 0 Å². The van der Waals surface area contributed by atoms with Crippen LogP contribution < -0.4 is 11.1 Å². The molecular formula is C12H23N5OS. The van der Waals surface area contributed by atoms with Crippen molar-refractivity contribution in [2.45, 2.75) is 50.9 Å². The molecule has 1 heterocycles. The number of aromatic nitrogens is 3. The van der Waals surface area contributed by atoms with Crippen molar-refractivity contribution in [2.75, 3.05) is 5.75 Å². The normalized spacial score (nSPS) is 14.6. The molecule has 108 valence electrons. The lowest BCUT2D eigenvalue weighted by Crippen LogP contribution is -2.55. The van der Waals surface area contributed by atoms with Crippen molar-refractivity contribution in [3.8, 4) is 0 Å². The molecule has 0 radical (unpaired) electrons. The molecule has 0 spiro atoms. The van der Waals surface area contributed by atoms with E-state index in [0.29, 0.717) is 6.42 Å². The van der Waals surface area contributed by atoms with Crippen LogP contribution in [0, 0.1) is 6.92 Å². The fourth-order valence-electron chi connectivity index (χ4n) is 1.76. The van der Waals surface area contributed by atoms with Gasteiger partial charge in [0.2, 0.25) is 5.91 Å². The summed E-state index contributed by atoms with van der Waals surface area (Å²) >= 11 is 1.58. The number of aryl methyl sites for hydroxylation is 1. The third-order valence-electron chi connectivity index (χ3n) is 3.04. The van der Waals surface area contributed by atoms with Crippen LogP contribution in [0.1, 0.15) is 33.0 Å². The maximum absolute atomic E-state index is 11.6. The number of primary amides is 1. The van der Waals surface area contributed by atoms with Crippen LogP contribution in [0.15, 0.2) is 5.16 Å². The van der Waals surface area contributed by atoms with Gasteiger partial charge < -0.3 is 15.6 Å². The molecule has 0 aliphatic rings. The van der Waals surface area contributed by atoms with Gasteiger partial charge in [0, 0.05) is 18.8 Å². The van der Waals surface area contributed by atoms with E-state index in [2.05, 4.69) is 15.5 Å². The number of thioether (sulfide) groups is 1. The van der Waals surface area contributed by atoms with Gasteiger partial charge >= 0.3 is 0 Å². The molecule has 0 aliphatic carbocycles. The molecule has 19 heavy (non-hydrogen) atoms. The summed E-state index contributed by atoms with van der Waals surface area (Å²) < 4.78 is 1.93. The monoisotopic (exact) mass is 285 g/mol. The van der Waals surface area contributed by atoms with Crippen LogP contribution in [0.5, 0.6) is 0 Å². The van der Waals surface area contributed by atoms with Gasteiger partial charge in [-0.05, 0) is 34.1 Å². The molecule has 1 atom stereocenters. The summed E-state index contributed by atoms with van der Waals surface area (Å²) in [7, 11) is 1.93. The zero-order valence-electron chi connectivity index (χ0n) is 12.2. The van der Waals surface area contributed by atoms with Crippen LogP contribution in [-0.4, -0.2) is 38.0 Å². The lowest BCUT2D eigenvalue weighted by Gasteiger charge is -2.29. The first-order valence-corrected chi connectivity index (χ1v) is 7.31. The van der Waals surface area contributed by atoms with E-state index in [1.807, 2.05) is 39.3 Å². The largest absolute Gasteiger partial charge is 0.368 e. The van der Waals surface area contributed by atoms with Crippen LogP contribution in [0.2, 0.25) is 0 Å². The summed E-state index contributed by atoms with van der Waals surface area (Å²) in [5, 5.41) is 12.2. The van der Waals surface area contributed by atoms with E-state index in [9.17, 15) is 4.79 Å². The molecule has 3 N–H and O–H groups in total. The van der Waals surface area contributed by atoms with E-state index in [1.54, 1.807) is 11.8 Å². The fourth-order valence-corrected chi connectivity index (χ4v) is 2.88. The van der Waals surface area contributed by atoms with Crippen molar-refractivity contribution in [1.82, 2.24) is 20.1 Å². The van der Waals surface area contributed by atoms with Gasteiger partial charge in [0.1, 0.15) is 5.82 Å². The second-order valence-electron chi connectivity index (χ2n) is 5.18. The maximum atomic E-state index is 11.6. The molecule has 0 saturated carbocycles. The van der Waals surface area contributed by atoms with E-state index in [-0.39, 0.29) is 11.9 Å². The molecule has 0 saturated heterocycles. The van der Waals surface area contributed by atoms with Gasteiger partial charge in [-0.1, -0.05) is 11.8 Å². The molecule has 1 aromatic heterocycles. The number of nitrogens with two attached hydrogens (primary N) is 1. The van der Waals surface area contributed by atoms with Crippen molar-refractivity contribution < 1.29 is 4.79 Å². The minimum atomic E-state index is -0.686. The van der Waals surface area contributed by atoms with Crippen molar-refractivity contribution in [2.24, 2.45) is 12.8 Å². The molecule has 1 amide bonds. The van der Waals surface area contributed by atoms with E-state index in [4.69, 9.17) is 5.73 Å². The first kappa shape index (κ1) is 16.0. The lowest BCUT2D eigenvalue weighted by atomic mass is 9.97. The molecule has 0 aromatic carbocycles. The van der Waals surface area contributed by atoms with E-state index in [0.717, 1.165) is 16.7 Å². The summed E-state index contributed by atoms with van der Waals surface area (Å²) in [6.07, 6.45) is 0.650. The Morgan fingerprint density at radius 1 is 1.53 bits per heavy atom. The first-order valence-electron chi connectivity index (χ1n) is 6.32. The van der Waals surface area contributed by atoms with Gasteiger partial charge in [-0.2, -0.15) is 0 Å². The van der Waals surface area contributed by atoms with Crippen LogP contribution in [-0.2, 0) is 11.8 Å². The quantitative estimate of drug-likeness (QED) is 0.725. The number of hydrogen-bond acceptors (Lipinski definition) is 5. The zero-order chi connectivity index (χ0) is 14.6. The predicted octanol–water partition coefficient (Wildman–Crippen LogP) is 0.848. The van der Waals surface area contributed by atoms with E-state index < -0.39 is 5.54 Å². The molecule has 7 heteroatoms. The van der Waals surface area contributed by atoms with Gasteiger partial charge in [0.25, 0.3) is 0 Å². The topological polar surface area (TPSA) is 85.8 Å². The highest BCUT2D eigenvalue weighted by molar-refractivity contribution is 7.99. The number of rotatable bonds is 7. The van der Waals surface area contributed by atoms with Crippen molar-refractivity contribution in [1.29, 1.82) is 0 Å². The highest BCUT2D eigenvalue weighted by Crippen LogP contribution is 2.20. The summed E-state index contributed by atoms with van der Waals surface area (Å²) in [4.78, 5) is 11.6.